The summed E-state index contributed by atoms with van der Waals surface area (Å²) in [6.07, 6.45) is 4.05. The van der Waals surface area contributed by atoms with Crippen molar-refractivity contribution in [3.05, 3.63) is 107 Å². The number of aromatic nitrogens is 4. The number of rotatable bonds is 8. The summed E-state index contributed by atoms with van der Waals surface area (Å²) < 4.78 is 1.52. The maximum absolute atomic E-state index is 14.0. The summed E-state index contributed by atoms with van der Waals surface area (Å²) in [7, 11) is 0. The molecule has 0 atom stereocenters. The van der Waals surface area contributed by atoms with Crippen LogP contribution in [0.4, 0.5) is 0 Å². The Hall–Kier alpha value is -5.38. The molecule has 0 radical (unpaired) electrons. The largest absolute Gasteiger partial charge is 0.505 e. The van der Waals surface area contributed by atoms with Crippen LogP contribution in [0.3, 0.4) is 0 Å². The van der Waals surface area contributed by atoms with E-state index in [9.17, 15) is 19.5 Å². The smallest absolute Gasteiger partial charge is 0.305 e. The summed E-state index contributed by atoms with van der Waals surface area (Å²) in [5.41, 5.74) is 2.14. The molecule has 194 valence electrons. The number of carbonyl (C=O) groups excluding carboxylic acids is 1. The van der Waals surface area contributed by atoms with Crippen molar-refractivity contribution in [1.29, 1.82) is 0 Å². The minimum atomic E-state index is -1.08. The average Bonchev–Trinajstić information content (AvgIpc) is 2.96. The molecule has 3 N–H and O–H groups in total. The monoisotopic (exact) mass is 521 g/mol. The Balaban J connectivity index is 1.83. The first kappa shape index (κ1) is 25.3. The van der Waals surface area contributed by atoms with E-state index in [2.05, 4.69) is 20.3 Å². The Morgan fingerprint density at radius 1 is 0.923 bits per heavy atom. The molecule has 0 unspecified atom stereocenters. The van der Waals surface area contributed by atoms with Gasteiger partial charge < -0.3 is 20.1 Å². The van der Waals surface area contributed by atoms with Crippen LogP contribution in [-0.4, -0.2) is 48.2 Å². The summed E-state index contributed by atoms with van der Waals surface area (Å²) in [6, 6.07) is 20.0. The minimum Gasteiger partial charge on any atom is -0.505 e. The van der Waals surface area contributed by atoms with Crippen molar-refractivity contribution in [3.8, 4) is 28.1 Å². The lowest BCUT2D eigenvalue weighted by molar-refractivity contribution is -0.136. The van der Waals surface area contributed by atoms with Gasteiger partial charge in [-0.1, -0.05) is 60.7 Å². The van der Waals surface area contributed by atoms with E-state index in [-0.39, 0.29) is 41.8 Å². The standard InChI is InChI=1S/C29H23N5O5/c35-23(36)11-12-32-28(38)25-27(37)22-13-21(19-9-5-2-6-10-19)29(39)34(16-18-7-3-1-4-8-18)26(22)24(33-25)20-14-30-17-31-15-20/h1-10,13-15,17,37H,11-12,16H2,(H,32,38)(H,35,36). The van der Waals surface area contributed by atoms with Gasteiger partial charge in [0.25, 0.3) is 11.5 Å². The van der Waals surface area contributed by atoms with Crippen LogP contribution in [0, 0.1) is 0 Å². The molecule has 0 aliphatic rings. The molecular formula is C29H23N5O5. The molecule has 0 aliphatic carbocycles. The number of aliphatic carboxylic acids is 1. The number of nitrogens with one attached hydrogen (secondary N) is 1. The Bertz CT molecular complexity index is 1720. The average molecular weight is 522 g/mol. The Morgan fingerprint density at radius 2 is 1.59 bits per heavy atom. The van der Waals surface area contributed by atoms with E-state index in [4.69, 9.17) is 5.11 Å². The molecule has 5 aromatic rings. The molecule has 0 bridgehead atoms. The Morgan fingerprint density at radius 3 is 2.26 bits per heavy atom. The van der Waals surface area contributed by atoms with Gasteiger partial charge in [-0.25, -0.2) is 15.0 Å². The van der Waals surface area contributed by atoms with Crippen molar-refractivity contribution >= 4 is 22.8 Å². The Kier molecular flexibility index (Phi) is 7.09. The molecule has 0 spiro atoms. The molecule has 1 amide bonds. The number of carboxylic acids is 1. The number of carboxylic acid groups (broad SMARTS) is 1. The summed E-state index contributed by atoms with van der Waals surface area (Å²) in [4.78, 5) is 50.6. The fraction of sp³-hybridized carbons (Fsp3) is 0.103. The molecule has 0 saturated carbocycles. The molecule has 0 aliphatic heterocycles. The summed E-state index contributed by atoms with van der Waals surface area (Å²) >= 11 is 0. The predicted molar refractivity (Wildman–Crippen MR) is 144 cm³/mol. The van der Waals surface area contributed by atoms with Gasteiger partial charge in [0.15, 0.2) is 11.4 Å². The highest BCUT2D eigenvalue weighted by molar-refractivity contribution is 6.05. The van der Waals surface area contributed by atoms with E-state index in [1.54, 1.807) is 30.3 Å². The zero-order chi connectivity index (χ0) is 27.4. The third kappa shape index (κ3) is 5.21. The van der Waals surface area contributed by atoms with Crippen LogP contribution < -0.4 is 10.9 Å². The Labute approximate surface area is 222 Å². The van der Waals surface area contributed by atoms with E-state index < -0.39 is 17.6 Å². The van der Waals surface area contributed by atoms with Crippen LogP contribution in [0.15, 0.2) is 90.2 Å². The van der Waals surface area contributed by atoms with Gasteiger partial charge >= 0.3 is 5.97 Å². The van der Waals surface area contributed by atoms with Gasteiger partial charge in [-0.05, 0) is 17.2 Å². The first-order valence-corrected chi connectivity index (χ1v) is 12.1. The van der Waals surface area contributed by atoms with Gasteiger partial charge in [0, 0.05) is 35.5 Å². The first-order valence-electron chi connectivity index (χ1n) is 12.1. The second-order valence-electron chi connectivity index (χ2n) is 8.75. The zero-order valence-electron chi connectivity index (χ0n) is 20.6. The molecule has 10 heteroatoms. The van der Waals surface area contributed by atoms with Crippen LogP contribution in [0.5, 0.6) is 5.75 Å². The SMILES string of the molecule is O=C(O)CCNC(=O)c1nc(-c2cncnc2)c2c(cc(-c3ccccc3)c(=O)n2Cc2ccccc2)c1O. The second kappa shape index (κ2) is 10.9. The molecule has 3 heterocycles. The lowest BCUT2D eigenvalue weighted by Crippen LogP contribution is -2.28. The van der Waals surface area contributed by atoms with Gasteiger partial charge in [-0.2, -0.15) is 0 Å². The molecule has 3 aromatic heterocycles. The van der Waals surface area contributed by atoms with Crippen LogP contribution in [-0.2, 0) is 11.3 Å². The number of nitrogens with zero attached hydrogens (tertiary/aromatic N) is 4. The summed E-state index contributed by atoms with van der Waals surface area (Å²) in [5.74, 6) is -2.27. The van der Waals surface area contributed by atoms with Crippen molar-refractivity contribution in [2.75, 3.05) is 6.54 Å². The fourth-order valence-electron chi connectivity index (χ4n) is 4.34. The maximum atomic E-state index is 14.0. The molecule has 0 saturated heterocycles. The van der Waals surface area contributed by atoms with Crippen LogP contribution in [0.25, 0.3) is 33.3 Å². The summed E-state index contributed by atoms with van der Waals surface area (Å²) in [5, 5.41) is 23.0. The lowest BCUT2D eigenvalue weighted by Gasteiger charge is -2.18. The van der Waals surface area contributed by atoms with Crippen molar-refractivity contribution in [2.24, 2.45) is 0 Å². The zero-order valence-corrected chi connectivity index (χ0v) is 20.6. The number of amides is 1. The van der Waals surface area contributed by atoms with Gasteiger partial charge in [0.1, 0.15) is 6.33 Å². The molecule has 5 rings (SSSR count). The van der Waals surface area contributed by atoms with Crippen molar-refractivity contribution < 1.29 is 19.8 Å². The number of fused-ring (bicyclic) bond motifs is 1. The minimum absolute atomic E-state index is 0.153. The first-order chi connectivity index (χ1) is 18.9. The van der Waals surface area contributed by atoms with E-state index in [0.29, 0.717) is 22.2 Å². The molecule has 39 heavy (non-hydrogen) atoms. The second-order valence-corrected chi connectivity index (χ2v) is 8.75. The number of hydrogen-bond donors (Lipinski definition) is 3. The van der Waals surface area contributed by atoms with Gasteiger partial charge in [-0.3, -0.25) is 14.4 Å². The highest BCUT2D eigenvalue weighted by Crippen LogP contribution is 2.36. The van der Waals surface area contributed by atoms with Gasteiger partial charge in [-0.15, -0.1) is 0 Å². The van der Waals surface area contributed by atoms with Crippen molar-refractivity contribution in [2.45, 2.75) is 13.0 Å². The van der Waals surface area contributed by atoms with Crippen LogP contribution in [0.1, 0.15) is 22.5 Å². The van der Waals surface area contributed by atoms with Crippen molar-refractivity contribution in [3.63, 3.8) is 0 Å². The third-order valence-corrected chi connectivity index (χ3v) is 6.16. The third-order valence-electron chi connectivity index (χ3n) is 6.16. The van der Waals surface area contributed by atoms with E-state index in [0.717, 1.165) is 5.56 Å². The van der Waals surface area contributed by atoms with Crippen molar-refractivity contribution in [1.82, 2.24) is 24.8 Å². The highest BCUT2D eigenvalue weighted by atomic mass is 16.4. The maximum Gasteiger partial charge on any atom is 0.305 e. The number of pyridine rings is 2. The topological polar surface area (TPSA) is 147 Å². The quantitative estimate of drug-likeness (QED) is 0.281. The predicted octanol–water partition coefficient (Wildman–Crippen LogP) is 3.48. The summed E-state index contributed by atoms with van der Waals surface area (Å²) in [6.45, 7) is 0.0166. The van der Waals surface area contributed by atoms with Crippen LogP contribution in [0.2, 0.25) is 0 Å². The number of carbonyl (C=O) groups is 2. The van der Waals surface area contributed by atoms with Crippen LogP contribution >= 0.6 is 0 Å². The van der Waals surface area contributed by atoms with E-state index >= 15 is 0 Å². The highest BCUT2D eigenvalue weighted by Gasteiger charge is 2.25. The molecule has 0 fully saturated rings. The number of aromatic hydroxyl groups is 1. The van der Waals surface area contributed by atoms with E-state index in [1.807, 2.05) is 36.4 Å². The van der Waals surface area contributed by atoms with Gasteiger partial charge in [0.2, 0.25) is 0 Å². The number of benzene rings is 2. The number of hydrogen-bond acceptors (Lipinski definition) is 7. The van der Waals surface area contributed by atoms with Gasteiger partial charge in [0.05, 0.1) is 24.2 Å². The molecule has 2 aromatic carbocycles. The van der Waals surface area contributed by atoms with E-state index in [1.165, 1.54) is 23.3 Å². The fourth-order valence-corrected chi connectivity index (χ4v) is 4.34. The lowest BCUT2D eigenvalue weighted by atomic mass is 10.0. The molecular weight excluding hydrogens is 498 g/mol. The normalized spacial score (nSPS) is 10.9. The molecule has 10 nitrogen and oxygen atoms in total.